The van der Waals surface area contributed by atoms with Gasteiger partial charge in [-0.05, 0) is 37.3 Å². The van der Waals surface area contributed by atoms with Crippen molar-refractivity contribution in [1.82, 2.24) is 30.0 Å². The molecular formula is C21H22N6O2. The minimum atomic E-state index is -0.295. The quantitative estimate of drug-likeness (QED) is 0.506. The summed E-state index contributed by atoms with van der Waals surface area (Å²) < 4.78 is 7.32. The molecule has 1 aromatic carbocycles. The normalized spacial score (nSPS) is 12.2. The number of H-pyrrole nitrogens is 1. The van der Waals surface area contributed by atoms with Gasteiger partial charge in [-0.25, -0.2) is 4.98 Å². The highest BCUT2D eigenvalue weighted by atomic mass is 16.5. The number of methoxy groups -OCH3 is 1. The predicted octanol–water partition coefficient (Wildman–Crippen LogP) is 2.96. The molecular weight excluding hydrogens is 368 g/mol. The van der Waals surface area contributed by atoms with Crippen molar-refractivity contribution >= 4 is 16.9 Å². The molecule has 148 valence electrons. The van der Waals surface area contributed by atoms with Gasteiger partial charge in [-0.1, -0.05) is 12.1 Å². The first kappa shape index (κ1) is 18.8. The van der Waals surface area contributed by atoms with E-state index in [1.165, 1.54) is 0 Å². The molecule has 0 saturated carbocycles. The van der Waals surface area contributed by atoms with Crippen molar-refractivity contribution in [2.45, 2.75) is 19.5 Å². The maximum Gasteiger partial charge on any atom is 0.269 e. The fraction of sp³-hybridized carbons (Fsp3) is 0.238. The van der Waals surface area contributed by atoms with Gasteiger partial charge in [0.1, 0.15) is 11.5 Å². The van der Waals surface area contributed by atoms with Crippen molar-refractivity contribution in [2.75, 3.05) is 13.7 Å². The summed E-state index contributed by atoms with van der Waals surface area (Å²) in [5.41, 5.74) is 3.80. The smallest absolute Gasteiger partial charge is 0.269 e. The van der Waals surface area contributed by atoms with Gasteiger partial charge < -0.3 is 14.6 Å². The molecule has 8 nitrogen and oxygen atoms in total. The molecule has 0 aliphatic carbocycles. The maximum absolute atomic E-state index is 12.8. The summed E-state index contributed by atoms with van der Waals surface area (Å²) in [4.78, 5) is 21.6. The van der Waals surface area contributed by atoms with Crippen LogP contribution in [0.25, 0.3) is 22.3 Å². The molecule has 1 amide bonds. The van der Waals surface area contributed by atoms with Gasteiger partial charge in [0.2, 0.25) is 0 Å². The second-order valence-corrected chi connectivity index (χ2v) is 6.71. The Morgan fingerprint density at radius 3 is 2.93 bits per heavy atom. The predicted molar refractivity (Wildman–Crippen MR) is 109 cm³/mol. The summed E-state index contributed by atoms with van der Waals surface area (Å²) >= 11 is 0. The number of nitrogens with zero attached hydrogens (tertiary/aromatic N) is 4. The Kier molecular flexibility index (Phi) is 5.35. The lowest BCUT2D eigenvalue weighted by Gasteiger charge is -2.15. The molecule has 0 fully saturated rings. The Labute approximate surface area is 167 Å². The average Bonchev–Trinajstić information content (AvgIpc) is 3.38. The van der Waals surface area contributed by atoms with E-state index in [9.17, 15) is 4.79 Å². The van der Waals surface area contributed by atoms with Gasteiger partial charge >= 0.3 is 0 Å². The number of fused-ring (bicyclic) bond motifs is 1. The van der Waals surface area contributed by atoms with E-state index >= 15 is 0 Å². The van der Waals surface area contributed by atoms with Crippen LogP contribution in [-0.4, -0.2) is 44.4 Å². The topological polar surface area (TPSA) is 97.7 Å². The lowest BCUT2D eigenvalue weighted by Crippen LogP contribution is -2.29. The first-order chi connectivity index (χ1) is 14.2. The van der Waals surface area contributed by atoms with Crippen molar-refractivity contribution in [1.29, 1.82) is 0 Å². The zero-order chi connectivity index (χ0) is 20.2. The molecule has 0 bridgehead atoms. The van der Waals surface area contributed by atoms with Gasteiger partial charge in [0.05, 0.1) is 29.4 Å². The molecule has 0 aliphatic rings. The summed E-state index contributed by atoms with van der Waals surface area (Å²) in [5.74, 6) is 0.536. The number of imidazole rings is 1. The number of rotatable bonds is 7. The molecule has 4 aromatic rings. The van der Waals surface area contributed by atoms with Gasteiger partial charge in [0.15, 0.2) is 0 Å². The zero-order valence-electron chi connectivity index (χ0n) is 16.3. The minimum Gasteiger partial charge on any atom is -0.383 e. The van der Waals surface area contributed by atoms with E-state index in [0.29, 0.717) is 24.5 Å². The molecule has 3 heterocycles. The third-order valence-electron chi connectivity index (χ3n) is 4.72. The van der Waals surface area contributed by atoms with Crippen LogP contribution < -0.4 is 5.32 Å². The first-order valence-corrected chi connectivity index (χ1v) is 9.38. The van der Waals surface area contributed by atoms with E-state index in [4.69, 9.17) is 9.72 Å². The van der Waals surface area contributed by atoms with E-state index < -0.39 is 0 Å². The molecule has 0 saturated heterocycles. The number of carbonyl (C=O) groups is 1. The van der Waals surface area contributed by atoms with E-state index in [2.05, 4.69) is 25.1 Å². The first-order valence-electron chi connectivity index (χ1n) is 9.38. The van der Waals surface area contributed by atoms with E-state index in [1.807, 2.05) is 43.3 Å². The van der Waals surface area contributed by atoms with E-state index in [1.54, 1.807) is 25.6 Å². The van der Waals surface area contributed by atoms with Crippen molar-refractivity contribution < 1.29 is 9.53 Å². The van der Waals surface area contributed by atoms with Crippen LogP contribution in [0.1, 0.15) is 29.3 Å². The standard InChI is InChI=1S/C21H22N6O2/c1-14(20-24-16-7-3-4-8-19(16)27(20)10-11-29-2)23-21(28)18-12-17(25-26-18)15-6-5-9-22-13-15/h3-9,12-14H,10-11H2,1-2H3,(H,23,28)(H,25,26). The van der Waals surface area contributed by atoms with Crippen LogP contribution in [0.2, 0.25) is 0 Å². The minimum absolute atomic E-state index is 0.245. The van der Waals surface area contributed by atoms with Crippen molar-refractivity contribution in [3.05, 3.63) is 66.4 Å². The van der Waals surface area contributed by atoms with Gasteiger partial charge in [-0.3, -0.25) is 14.9 Å². The van der Waals surface area contributed by atoms with Crippen LogP contribution in [0.4, 0.5) is 0 Å². The Bertz CT molecular complexity index is 1120. The third-order valence-corrected chi connectivity index (χ3v) is 4.72. The van der Waals surface area contributed by atoms with Crippen LogP contribution in [0.3, 0.4) is 0 Å². The number of benzene rings is 1. The number of amides is 1. The van der Waals surface area contributed by atoms with Crippen LogP contribution in [0.15, 0.2) is 54.9 Å². The number of nitrogens with one attached hydrogen (secondary N) is 2. The highest BCUT2D eigenvalue weighted by Gasteiger charge is 2.20. The van der Waals surface area contributed by atoms with E-state index in [-0.39, 0.29) is 11.9 Å². The summed E-state index contributed by atoms with van der Waals surface area (Å²) in [7, 11) is 1.67. The maximum atomic E-state index is 12.8. The zero-order valence-corrected chi connectivity index (χ0v) is 16.3. The summed E-state index contributed by atoms with van der Waals surface area (Å²) in [5, 5.41) is 10.0. The average molecular weight is 390 g/mol. The van der Waals surface area contributed by atoms with Gasteiger partial charge in [-0.15, -0.1) is 0 Å². The lowest BCUT2D eigenvalue weighted by molar-refractivity contribution is 0.0932. The molecule has 3 aromatic heterocycles. The van der Waals surface area contributed by atoms with Crippen molar-refractivity contribution in [3.63, 3.8) is 0 Å². The van der Waals surface area contributed by atoms with Crippen LogP contribution >= 0.6 is 0 Å². The number of hydrogen-bond acceptors (Lipinski definition) is 5. The fourth-order valence-electron chi connectivity index (χ4n) is 3.28. The van der Waals surface area contributed by atoms with Gasteiger partial charge in [-0.2, -0.15) is 5.10 Å². The number of pyridine rings is 1. The molecule has 4 rings (SSSR count). The lowest BCUT2D eigenvalue weighted by atomic mass is 10.2. The number of ether oxygens (including phenoxy) is 1. The van der Waals surface area contributed by atoms with E-state index in [0.717, 1.165) is 22.4 Å². The number of carbonyl (C=O) groups excluding carboxylic acids is 1. The van der Waals surface area contributed by atoms with Crippen LogP contribution in [-0.2, 0) is 11.3 Å². The second-order valence-electron chi connectivity index (χ2n) is 6.71. The highest BCUT2D eigenvalue weighted by Crippen LogP contribution is 2.21. The second kappa shape index (κ2) is 8.24. The highest BCUT2D eigenvalue weighted by molar-refractivity contribution is 5.93. The number of hydrogen-bond donors (Lipinski definition) is 2. The largest absolute Gasteiger partial charge is 0.383 e. The molecule has 1 unspecified atom stereocenters. The molecule has 0 spiro atoms. The third kappa shape index (κ3) is 3.88. The van der Waals surface area contributed by atoms with Gasteiger partial charge in [0.25, 0.3) is 5.91 Å². The monoisotopic (exact) mass is 390 g/mol. The Morgan fingerprint density at radius 1 is 1.28 bits per heavy atom. The van der Waals surface area contributed by atoms with Crippen molar-refractivity contribution in [2.24, 2.45) is 0 Å². The summed E-state index contributed by atoms with van der Waals surface area (Å²) in [6.45, 7) is 3.13. The summed E-state index contributed by atoms with van der Waals surface area (Å²) in [6.07, 6.45) is 3.40. The van der Waals surface area contributed by atoms with Crippen molar-refractivity contribution in [3.8, 4) is 11.3 Å². The fourth-order valence-corrected chi connectivity index (χ4v) is 3.28. The van der Waals surface area contributed by atoms with Crippen LogP contribution in [0, 0.1) is 0 Å². The molecule has 29 heavy (non-hydrogen) atoms. The Balaban J connectivity index is 1.56. The SMILES string of the molecule is COCCn1c(C(C)NC(=O)c2cc(-c3cccnc3)n[nH]2)nc2ccccc21. The molecule has 2 N–H and O–H groups in total. The molecule has 8 heteroatoms. The molecule has 0 aliphatic heterocycles. The number of aromatic nitrogens is 5. The molecule has 1 atom stereocenters. The van der Waals surface area contributed by atoms with Gasteiger partial charge in [0, 0.05) is 31.6 Å². The molecule has 0 radical (unpaired) electrons. The summed E-state index contributed by atoms with van der Waals surface area (Å²) in [6, 6.07) is 13.1. The van der Waals surface area contributed by atoms with Crippen LogP contribution in [0.5, 0.6) is 0 Å². The Morgan fingerprint density at radius 2 is 2.14 bits per heavy atom. The number of para-hydroxylation sites is 2. The Hall–Kier alpha value is -3.52. The number of aromatic amines is 1.